The molecule has 0 radical (unpaired) electrons. The first-order valence-electron chi connectivity index (χ1n) is 8.73. The molecule has 0 aromatic rings. The van der Waals surface area contributed by atoms with E-state index >= 15 is 0 Å². The second kappa shape index (κ2) is 19.8. The minimum atomic E-state index is 0.653. The van der Waals surface area contributed by atoms with Crippen LogP contribution in [0.4, 0.5) is 0 Å². The van der Waals surface area contributed by atoms with E-state index in [0.29, 0.717) is 13.2 Å². The fourth-order valence-corrected chi connectivity index (χ4v) is 2.16. The Balaban J connectivity index is 0.000000547. The second-order valence-electron chi connectivity index (χ2n) is 5.53. The lowest BCUT2D eigenvalue weighted by Crippen LogP contribution is -2.08. The third-order valence-corrected chi connectivity index (χ3v) is 3.46. The van der Waals surface area contributed by atoms with Crippen molar-refractivity contribution in [2.45, 2.75) is 77.0 Å². The Kier molecular flexibility index (Phi) is 19.6. The van der Waals surface area contributed by atoms with Crippen molar-refractivity contribution in [1.29, 1.82) is 0 Å². The molecule has 0 aromatic carbocycles. The van der Waals surface area contributed by atoms with Crippen LogP contribution in [0.3, 0.4) is 0 Å². The lowest BCUT2D eigenvalue weighted by atomic mass is 10.1. The molecule has 1 aliphatic rings. The van der Waals surface area contributed by atoms with Crippen LogP contribution < -0.4 is 11.5 Å². The zero-order chi connectivity index (χ0) is 15.4. The van der Waals surface area contributed by atoms with Crippen LogP contribution in [0.5, 0.6) is 0 Å². The maximum Gasteiger partial charge on any atom is 0.0877 e. The van der Waals surface area contributed by atoms with Crippen molar-refractivity contribution in [1.82, 2.24) is 0 Å². The SMILES string of the molecule is C1COOOC1.NCCCCCCCCCCCCCN. The van der Waals surface area contributed by atoms with Gasteiger partial charge in [-0.25, -0.2) is 9.78 Å². The quantitative estimate of drug-likeness (QED) is 0.426. The van der Waals surface area contributed by atoms with Crippen LogP contribution >= 0.6 is 0 Å². The van der Waals surface area contributed by atoms with Crippen LogP contribution in [-0.2, 0) is 14.8 Å². The third-order valence-electron chi connectivity index (χ3n) is 3.46. The van der Waals surface area contributed by atoms with Crippen molar-refractivity contribution in [3.05, 3.63) is 0 Å². The van der Waals surface area contributed by atoms with E-state index in [-0.39, 0.29) is 0 Å². The number of rotatable bonds is 12. The Morgan fingerprint density at radius 1 is 0.524 bits per heavy atom. The van der Waals surface area contributed by atoms with Crippen LogP contribution in [0.1, 0.15) is 77.0 Å². The van der Waals surface area contributed by atoms with E-state index in [4.69, 9.17) is 11.5 Å². The summed E-state index contributed by atoms with van der Waals surface area (Å²) < 4.78 is 0. The largest absolute Gasteiger partial charge is 0.330 e. The van der Waals surface area contributed by atoms with Crippen LogP contribution in [0.15, 0.2) is 0 Å². The molecule has 21 heavy (non-hydrogen) atoms. The van der Waals surface area contributed by atoms with Gasteiger partial charge in [0.2, 0.25) is 0 Å². The molecule has 0 spiro atoms. The van der Waals surface area contributed by atoms with Crippen LogP contribution in [0, 0.1) is 0 Å². The first-order valence-corrected chi connectivity index (χ1v) is 8.73. The average molecular weight is 304 g/mol. The highest BCUT2D eigenvalue weighted by Gasteiger charge is 1.96. The molecular weight excluding hydrogens is 268 g/mol. The summed E-state index contributed by atoms with van der Waals surface area (Å²) >= 11 is 0. The minimum absolute atomic E-state index is 0.653. The topological polar surface area (TPSA) is 79.7 Å². The highest BCUT2D eigenvalue weighted by atomic mass is 17.5. The summed E-state index contributed by atoms with van der Waals surface area (Å²) in [5.41, 5.74) is 10.9. The van der Waals surface area contributed by atoms with Crippen molar-refractivity contribution >= 4 is 0 Å². The van der Waals surface area contributed by atoms with Gasteiger partial charge in [0.25, 0.3) is 0 Å². The molecule has 128 valence electrons. The van der Waals surface area contributed by atoms with E-state index in [1.807, 2.05) is 0 Å². The second-order valence-corrected chi connectivity index (χ2v) is 5.53. The molecule has 1 rings (SSSR count). The molecule has 1 fully saturated rings. The van der Waals surface area contributed by atoms with Gasteiger partial charge < -0.3 is 11.5 Å². The molecule has 0 amide bonds. The Labute approximate surface area is 130 Å². The molecule has 0 aromatic heterocycles. The third kappa shape index (κ3) is 19.8. The first kappa shape index (κ1) is 20.8. The Bertz CT molecular complexity index is 155. The highest BCUT2D eigenvalue weighted by Crippen LogP contribution is 2.10. The summed E-state index contributed by atoms with van der Waals surface area (Å²) in [7, 11) is 0. The van der Waals surface area contributed by atoms with Crippen LogP contribution in [0.25, 0.3) is 0 Å². The van der Waals surface area contributed by atoms with E-state index < -0.39 is 0 Å². The summed E-state index contributed by atoms with van der Waals surface area (Å²) in [5, 5.41) is 4.07. The van der Waals surface area contributed by atoms with Gasteiger partial charge in [-0.05, 0) is 25.9 Å². The molecule has 1 heterocycles. The van der Waals surface area contributed by atoms with E-state index in [2.05, 4.69) is 14.8 Å². The van der Waals surface area contributed by atoms with Gasteiger partial charge in [0.1, 0.15) is 0 Å². The predicted octanol–water partition coefficient (Wildman–Crippen LogP) is 3.46. The van der Waals surface area contributed by atoms with Gasteiger partial charge in [-0.15, -0.1) is 0 Å². The van der Waals surface area contributed by atoms with Crippen molar-refractivity contribution < 1.29 is 14.8 Å². The summed E-state index contributed by atoms with van der Waals surface area (Å²) in [5.74, 6) is 0. The van der Waals surface area contributed by atoms with Crippen LogP contribution in [0.2, 0.25) is 0 Å². The minimum Gasteiger partial charge on any atom is -0.330 e. The zero-order valence-electron chi connectivity index (χ0n) is 13.7. The normalized spacial score (nSPS) is 14.6. The van der Waals surface area contributed by atoms with Crippen molar-refractivity contribution in [3.8, 4) is 0 Å². The number of hydrogen-bond donors (Lipinski definition) is 2. The van der Waals surface area contributed by atoms with Gasteiger partial charge in [-0.2, -0.15) is 0 Å². The Hall–Kier alpha value is -0.200. The number of unbranched alkanes of at least 4 members (excludes halogenated alkanes) is 10. The average Bonchev–Trinajstić information content (AvgIpc) is 2.55. The Morgan fingerprint density at radius 2 is 0.857 bits per heavy atom. The fraction of sp³-hybridized carbons (Fsp3) is 1.00. The van der Waals surface area contributed by atoms with Gasteiger partial charge in [-0.1, -0.05) is 62.8 Å². The van der Waals surface area contributed by atoms with Crippen LogP contribution in [-0.4, -0.2) is 26.3 Å². The standard InChI is InChI=1S/C13H30N2.C3H6O3/c14-12-10-8-6-4-2-1-3-5-7-9-11-13-15;1-2-4-6-5-3-1/h1-15H2;1-3H2. The molecule has 0 bridgehead atoms. The lowest BCUT2D eigenvalue weighted by Gasteiger charge is -2.06. The van der Waals surface area contributed by atoms with E-state index in [9.17, 15) is 0 Å². The predicted molar refractivity (Wildman–Crippen MR) is 86.5 cm³/mol. The molecule has 0 atom stereocenters. The molecule has 5 heteroatoms. The van der Waals surface area contributed by atoms with Gasteiger partial charge in [0, 0.05) is 6.42 Å². The van der Waals surface area contributed by atoms with Gasteiger partial charge in [0.15, 0.2) is 0 Å². The van der Waals surface area contributed by atoms with Crippen molar-refractivity contribution in [2.24, 2.45) is 11.5 Å². The van der Waals surface area contributed by atoms with E-state index in [1.54, 1.807) is 0 Å². The summed E-state index contributed by atoms with van der Waals surface area (Å²) in [6.07, 6.45) is 15.8. The first-order chi connectivity index (χ1) is 10.4. The Morgan fingerprint density at radius 3 is 1.05 bits per heavy atom. The maximum absolute atomic E-state index is 5.44. The fourth-order valence-electron chi connectivity index (χ4n) is 2.16. The molecule has 1 aliphatic heterocycles. The van der Waals surface area contributed by atoms with E-state index in [1.165, 1.54) is 70.6 Å². The molecule has 1 saturated heterocycles. The summed E-state index contributed by atoms with van der Waals surface area (Å²) in [6, 6.07) is 0. The lowest BCUT2D eigenvalue weighted by molar-refractivity contribution is -0.532. The monoisotopic (exact) mass is 304 g/mol. The van der Waals surface area contributed by atoms with Gasteiger partial charge in [-0.3, -0.25) is 0 Å². The van der Waals surface area contributed by atoms with Gasteiger partial charge in [0.05, 0.1) is 13.2 Å². The smallest absolute Gasteiger partial charge is 0.0877 e. The van der Waals surface area contributed by atoms with E-state index in [0.717, 1.165) is 19.5 Å². The number of nitrogens with two attached hydrogens (primary N) is 2. The molecule has 4 N–H and O–H groups in total. The zero-order valence-corrected chi connectivity index (χ0v) is 13.7. The molecule has 0 unspecified atom stereocenters. The summed E-state index contributed by atoms with van der Waals surface area (Å²) in [4.78, 5) is 8.69. The summed E-state index contributed by atoms with van der Waals surface area (Å²) in [6.45, 7) is 3.03. The van der Waals surface area contributed by atoms with Crippen molar-refractivity contribution in [2.75, 3.05) is 26.3 Å². The molecule has 5 nitrogen and oxygen atoms in total. The maximum atomic E-state index is 5.44. The number of hydrogen-bond acceptors (Lipinski definition) is 5. The van der Waals surface area contributed by atoms with Crippen molar-refractivity contribution in [3.63, 3.8) is 0 Å². The highest BCUT2D eigenvalue weighted by molar-refractivity contribution is 4.48. The molecule has 0 saturated carbocycles. The molecular formula is C16H36N2O3. The van der Waals surface area contributed by atoms with Gasteiger partial charge >= 0.3 is 0 Å². The molecule has 0 aliphatic carbocycles.